The Kier molecular flexibility index (Phi) is 6.43. The number of carbonyl (C=O) groups excluding carboxylic acids is 1. The summed E-state index contributed by atoms with van der Waals surface area (Å²) in [5.41, 5.74) is 1.89. The average Bonchev–Trinajstić information content (AvgIpc) is 3.14. The number of fused-ring (bicyclic) bond motifs is 7. The first-order valence-electron chi connectivity index (χ1n) is 15.0. The SMILES string of the molecule is CC(C)[C@@H]1CC[C@]2(C)CC[C@]3(C)[C@H](CC[C@@H]4[C@]5(C)CC[C@H](OC(=O)CBr)C(C)(C)[C@@H]5CC[C@]43C)[C@@H]12. The normalized spacial score (nSPS) is 52.7. The van der Waals surface area contributed by atoms with E-state index in [1.807, 2.05) is 0 Å². The van der Waals surface area contributed by atoms with Gasteiger partial charge in [-0.05, 0) is 121 Å². The molecule has 0 saturated heterocycles. The lowest BCUT2D eigenvalue weighted by molar-refractivity contribution is -0.250. The monoisotopic (exact) mass is 548 g/mol. The van der Waals surface area contributed by atoms with Gasteiger partial charge in [0, 0.05) is 5.41 Å². The van der Waals surface area contributed by atoms with Gasteiger partial charge < -0.3 is 4.74 Å². The van der Waals surface area contributed by atoms with E-state index in [9.17, 15) is 4.79 Å². The second kappa shape index (κ2) is 8.47. The van der Waals surface area contributed by atoms with Crippen LogP contribution in [0.25, 0.3) is 0 Å². The third-order valence-corrected chi connectivity index (χ3v) is 14.5. The van der Waals surface area contributed by atoms with Crippen LogP contribution in [0.4, 0.5) is 0 Å². The van der Waals surface area contributed by atoms with Gasteiger partial charge in [-0.15, -0.1) is 0 Å². The standard InChI is InChI=1S/C32H53BrO2/c1-20(2)21-11-14-29(5)17-18-31(7)22(27(21)29)9-10-24-30(6)15-13-25(35-26(34)19-33)28(3,4)23(30)12-16-32(24,31)8/h20-25,27H,9-19H2,1-8H3/t21-,22+,23-,24+,25-,27+,29+,30+,31+,32+/m0/s1. The van der Waals surface area contributed by atoms with Gasteiger partial charge in [0.25, 0.3) is 0 Å². The van der Waals surface area contributed by atoms with E-state index in [2.05, 4.69) is 71.3 Å². The van der Waals surface area contributed by atoms with E-state index in [-0.39, 0.29) is 17.5 Å². The van der Waals surface area contributed by atoms with Crippen molar-refractivity contribution in [1.82, 2.24) is 0 Å². The van der Waals surface area contributed by atoms with Crippen molar-refractivity contribution in [2.75, 3.05) is 5.33 Å². The summed E-state index contributed by atoms with van der Waals surface area (Å²) in [5.74, 6) is 4.92. The van der Waals surface area contributed by atoms with Crippen molar-refractivity contribution in [3.05, 3.63) is 0 Å². The molecule has 5 aliphatic carbocycles. The van der Waals surface area contributed by atoms with Crippen molar-refractivity contribution in [3.8, 4) is 0 Å². The fourth-order valence-electron chi connectivity index (χ4n) is 12.1. The number of esters is 1. The molecule has 0 unspecified atom stereocenters. The van der Waals surface area contributed by atoms with Crippen LogP contribution < -0.4 is 0 Å². The van der Waals surface area contributed by atoms with Gasteiger partial charge in [0.05, 0.1) is 0 Å². The van der Waals surface area contributed by atoms with Crippen molar-refractivity contribution in [2.45, 2.75) is 126 Å². The van der Waals surface area contributed by atoms with Crippen LogP contribution >= 0.6 is 15.9 Å². The van der Waals surface area contributed by atoms with E-state index in [0.29, 0.717) is 32.9 Å². The molecule has 10 atom stereocenters. The molecule has 0 amide bonds. The van der Waals surface area contributed by atoms with E-state index in [4.69, 9.17) is 4.74 Å². The summed E-state index contributed by atoms with van der Waals surface area (Å²) in [6.45, 7) is 20.7. The second-order valence-electron chi connectivity index (χ2n) is 15.8. The minimum Gasteiger partial charge on any atom is -0.461 e. The molecule has 0 heterocycles. The summed E-state index contributed by atoms with van der Waals surface area (Å²) in [6.07, 6.45) is 13.7. The summed E-state index contributed by atoms with van der Waals surface area (Å²) in [4.78, 5) is 12.2. The van der Waals surface area contributed by atoms with Gasteiger partial charge in [-0.2, -0.15) is 0 Å². The number of ether oxygens (including phenoxy) is 1. The molecule has 0 bridgehead atoms. The van der Waals surface area contributed by atoms with Gasteiger partial charge in [-0.3, -0.25) is 4.79 Å². The predicted molar refractivity (Wildman–Crippen MR) is 148 cm³/mol. The molecule has 0 aromatic rings. The molecule has 0 N–H and O–H groups in total. The summed E-state index contributed by atoms with van der Waals surface area (Å²) < 4.78 is 6.02. The van der Waals surface area contributed by atoms with Crippen LogP contribution in [0.3, 0.4) is 0 Å². The number of rotatable bonds is 3. The maximum atomic E-state index is 12.2. The van der Waals surface area contributed by atoms with Crippen molar-refractivity contribution in [3.63, 3.8) is 0 Å². The van der Waals surface area contributed by atoms with E-state index in [1.54, 1.807) is 0 Å². The number of alkyl halides is 1. The van der Waals surface area contributed by atoms with E-state index in [1.165, 1.54) is 57.8 Å². The number of halogens is 1. The van der Waals surface area contributed by atoms with Crippen LogP contribution in [-0.2, 0) is 9.53 Å². The zero-order valence-electron chi connectivity index (χ0n) is 24.0. The van der Waals surface area contributed by atoms with Gasteiger partial charge in [0.2, 0.25) is 0 Å². The molecule has 5 fully saturated rings. The number of hydrogen-bond acceptors (Lipinski definition) is 2. The first-order valence-corrected chi connectivity index (χ1v) is 16.1. The lowest BCUT2D eigenvalue weighted by atomic mass is 9.32. The summed E-state index contributed by atoms with van der Waals surface area (Å²) in [5, 5.41) is 0.305. The highest BCUT2D eigenvalue weighted by molar-refractivity contribution is 9.09. The van der Waals surface area contributed by atoms with Crippen LogP contribution in [0.2, 0.25) is 0 Å². The molecule has 0 radical (unpaired) electrons. The quantitative estimate of drug-likeness (QED) is 0.259. The molecule has 0 aromatic carbocycles. The first kappa shape index (κ1) is 26.6. The minimum atomic E-state index is -0.0955. The Balaban J connectivity index is 1.47. The molecule has 5 aliphatic rings. The average molecular weight is 550 g/mol. The maximum absolute atomic E-state index is 12.2. The van der Waals surface area contributed by atoms with Crippen LogP contribution in [0.15, 0.2) is 0 Å². The Morgan fingerprint density at radius 3 is 2.20 bits per heavy atom. The third-order valence-electron chi connectivity index (χ3n) is 14.1. The van der Waals surface area contributed by atoms with Gasteiger partial charge in [-0.1, -0.05) is 71.3 Å². The molecule has 200 valence electrons. The topological polar surface area (TPSA) is 26.3 Å². The van der Waals surface area contributed by atoms with Gasteiger partial charge in [0.15, 0.2) is 0 Å². The summed E-state index contributed by atoms with van der Waals surface area (Å²) >= 11 is 3.31. The molecule has 5 rings (SSSR count). The molecule has 5 saturated carbocycles. The molecular formula is C32H53BrO2. The molecule has 0 aromatic heterocycles. The van der Waals surface area contributed by atoms with Crippen LogP contribution in [0.5, 0.6) is 0 Å². The van der Waals surface area contributed by atoms with Crippen LogP contribution in [0, 0.1) is 62.6 Å². The Morgan fingerprint density at radius 1 is 0.829 bits per heavy atom. The highest BCUT2D eigenvalue weighted by Gasteiger charge is 2.70. The zero-order valence-corrected chi connectivity index (χ0v) is 25.6. The van der Waals surface area contributed by atoms with Crippen molar-refractivity contribution < 1.29 is 9.53 Å². The fourth-order valence-corrected chi connectivity index (χ4v) is 12.3. The minimum absolute atomic E-state index is 0.0449. The number of hydrogen-bond donors (Lipinski definition) is 0. The fraction of sp³-hybridized carbons (Fsp3) is 0.969. The van der Waals surface area contributed by atoms with Crippen LogP contribution in [-0.4, -0.2) is 17.4 Å². The largest absolute Gasteiger partial charge is 0.461 e. The molecule has 0 aliphatic heterocycles. The van der Waals surface area contributed by atoms with Crippen molar-refractivity contribution in [1.29, 1.82) is 0 Å². The highest BCUT2D eigenvalue weighted by Crippen LogP contribution is 2.77. The van der Waals surface area contributed by atoms with E-state index >= 15 is 0 Å². The Hall–Kier alpha value is -0.0500. The van der Waals surface area contributed by atoms with Gasteiger partial charge >= 0.3 is 5.97 Å². The highest BCUT2D eigenvalue weighted by atomic mass is 79.9. The molecule has 35 heavy (non-hydrogen) atoms. The summed E-state index contributed by atoms with van der Waals surface area (Å²) in [6, 6.07) is 0. The maximum Gasteiger partial charge on any atom is 0.316 e. The molecule has 0 spiro atoms. The Bertz CT molecular complexity index is 851. The van der Waals surface area contributed by atoms with Crippen LogP contribution in [0.1, 0.15) is 120 Å². The molecule has 3 heteroatoms. The summed E-state index contributed by atoms with van der Waals surface area (Å²) in [7, 11) is 0. The van der Waals surface area contributed by atoms with Crippen molar-refractivity contribution >= 4 is 21.9 Å². The van der Waals surface area contributed by atoms with E-state index in [0.717, 1.165) is 36.0 Å². The molecular weight excluding hydrogens is 496 g/mol. The van der Waals surface area contributed by atoms with E-state index < -0.39 is 0 Å². The zero-order chi connectivity index (χ0) is 25.6. The third kappa shape index (κ3) is 3.54. The lowest BCUT2D eigenvalue weighted by Gasteiger charge is -2.73. The molecule has 2 nitrogen and oxygen atoms in total. The predicted octanol–water partition coefficient (Wildman–Crippen LogP) is 9.05. The number of carbonyl (C=O) groups is 1. The lowest BCUT2D eigenvalue weighted by Crippen LogP contribution is -2.66. The van der Waals surface area contributed by atoms with Gasteiger partial charge in [0.1, 0.15) is 11.4 Å². The smallest absolute Gasteiger partial charge is 0.316 e. The second-order valence-corrected chi connectivity index (χ2v) is 16.3. The Labute approximate surface area is 224 Å². The Morgan fingerprint density at radius 2 is 1.54 bits per heavy atom. The van der Waals surface area contributed by atoms with Gasteiger partial charge in [-0.25, -0.2) is 0 Å². The first-order chi connectivity index (χ1) is 16.2. The van der Waals surface area contributed by atoms with Crippen molar-refractivity contribution in [2.24, 2.45) is 62.6 Å².